The normalized spacial score (nSPS) is 21.3. The molecular weight excluding hydrogens is 458 g/mol. The minimum absolute atomic E-state index is 0.0417. The molecule has 2 aromatic rings. The Hall–Kier alpha value is -3.95. The third-order valence-electron chi connectivity index (χ3n) is 7.24. The van der Waals surface area contributed by atoms with Crippen LogP contribution in [0.4, 0.5) is 17.1 Å². The summed E-state index contributed by atoms with van der Waals surface area (Å²) in [4.78, 5) is 36.8. The highest BCUT2D eigenvalue weighted by Gasteiger charge is 2.32. The molecule has 1 unspecified atom stereocenters. The summed E-state index contributed by atoms with van der Waals surface area (Å²) in [6, 6.07) is 4.94. The molecule has 3 aliphatic rings. The van der Waals surface area contributed by atoms with E-state index in [-0.39, 0.29) is 23.6 Å². The predicted molar refractivity (Wildman–Crippen MR) is 139 cm³/mol. The molecule has 10 heteroatoms. The number of piperidine rings is 1. The average Bonchev–Trinajstić information content (AvgIpc) is 3.37. The highest BCUT2D eigenvalue weighted by molar-refractivity contribution is 6.03. The van der Waals surface area contributed by atoms with Crippen molar-refractivity contribution in [3.05, 3.63) is 54.0 Å². The van der Waals surface area contributed by atoms with E-state index < -0.39 is 0 Å². The van der Waals surface area contributed by atoms with Crippen molar-refractivity contribution < 1.29 is 14.7 Å². The molecule has 0 bridgehead atoms. The van der Waals surface area contributed by atoms with E-state index in [1.165, 1.54) is 12.1 Å². The van der Waals surface area contributed by atoms with Gasteiger partial charge in [0, 0.05) is 70.3 Å². The first-order valence-electron chi connectivity index (χ1n) is 12.5. The van der Waals surface area contributed by atoms with E-state index in [1.807, 2.05) is 9.80 Å². The molecule has 0 spiro atoms. The maximum Gasteiger partial charge on any atom is 0.256 e. The largest absolute Gasteiger partial charge is 0.508 e. The monoisotopic (exact) mass is 491 g/mol. The third-order valence-corrected chi connectivity index (χ3v) is 7.24. The van der Waals surface area contributed by atoms with E-state index in [0.29, 0.717) is 54.7 Å². The molecule has 0 saturated carbocycles. The van der Waals surface area contributed by atoms with E-state index in [1.54, 1.807) is 25.5 Å². The Labute approximate surface area is 210 Å². The van der Waals surface area contributed by atoms with Crippen LogP contribution in [0, 0.1) is 0 Å². The number of amides is 2. The number of aromatic nitrogens is 1. The number of pyridine rings is 1. The van der Waals surface area contributed by atoms with Gasteiger partial charge in [-0.3, -0.25) is 14.6 Å². The molecule has 2 atom stereocenters. The van der Waals surface area contributed by atoms with Crippen molar-refractivity contribution >= 4 is 28.9 Å². The first-order valence-corrected chi connectivity index (χ1v) is 12.5. The molecule has 2 saturated heterocycles. The summed E-state index contributed by atoms with van der Waals surface area (Å²) in [5.41, 5.74) is 8.81. The summed E-state index contributed by atoms with van der Waals surface area (Å²) in [5, 5.41) is 16.7. The van der Waals surface area contributed by atoms with Gasteiger partial charge in [0.25, 0.3) is 11.8 Å². The Morgan fingerprint density at radius 2 is 1.92 bits per heavy atom. The second-order valence-corrected chi connectivity index (χ2v) is 9.67. The molecule has 2 fully saturated rings. The SMILES string of the molecule is CNc1cncc(C(=O)N2CCC[C@@H](Nc3c(N)cc(O)cc3C(=O)N3CCN4C=CCC4C3)C2)c1. The average molecular weight is 492 g/mol. The molecule has 0 radical (unpaired) electrons. The number of carbonyl (C=O) groups is 2. The van der Waals surface area contributed by atoms with Gasteiger partial charge >= 0.3 is 0 Å². The van der Waals surface area contributed by atoms with Gasteiger partial charge in [-0.25, -0.2) is 0 Å². The number of nitrogen functional groups attached to an aromatic ring is 1. The molecule has 0 aliphatic carbocycles. The standard InChI is InChI=1S/C26H33N7O3/c1-28-19-10-17(13-29-14-19)25(35)32-7-2-4-18(15-32)30-24-22(11-21(34)12-23(24)27)26(36)33-9-8-31-6-3-5-20(31)16-33/h3,6,10-14,18,20,28,30,34H,2,4-5,7-9,15-16,27H2,1H3/t18-,20?/m1/s1. The second-order valence-electron chi connectivity index (χ2n) is 9.67. The summed E-state index contributed by atoms with van der Waals surface area (Å²) < 4.78 is 0. The van der Waals surface area contributed by atoms with Gasteiger partial charge in [-0.05, 0) is 37.6 Å². The zero-order valence-corrected chi connectivity index (χ0v) is 20.5. The van der Waals surface area contributed by atoms with Gasteiger partial charge in [0.15, 0.2) is 0 Å². The third kappa shape index (κ3) is 4.75. The number of benzene rings is 1. The number of nitrogens with zero attached hydrogens (tertiary/aromatic N) is 4. The molecule has 10 nitrogen and oxygen atoms in total. The molecule has 4 heterocycles. The Morgan fingerprint density at radius 1 is 1.08 bits per heavy atom. The van der Waals surface area contributed by atoms with Gasteiger partial charge in [0.2, 0.25) is 0 Å². The van der Waals surface area contributed by atoms with Crippen LogP contribution in [0.3, 0.4) is 0 Å². The quantitative estimate of drug-likeness (QED) is 0.370. The number of likely N-dealkylation sites (tertiary alicyclic amines) is 1. The maximum atomic E-state index is 13.6. The fourth-order valence-electron chi connectivity index (χ4n) is 5.32. The fourth-order valence-corrected chi connectivity index (χ4v) is 5.32. The molecule has 5 rings (SSSR count). The number of carbonyl (C=O) groups excluding carboxylic acids is 2. The first kappa shape index (κ1) is 23.8. The van der Waals surface area contributed by atoms with Crippen LogP contribution < -0.4 is 16.4 Å². The van der Waals surface area contributed by atoms with Gasteiger partial charge in [-0.2, -0.15) is 0 Å². The molecule has 1 aromatic carbocycles. The summed E-state index contributed by atoms with van der Waals surface area (Å²) in [7, 11) is 1.79. The van der Waals surface area contributed by atoms with E-state index in [9.17, 15) is 14.7 Å². The van der Waals surface area contributed by atoms with Gasteiger partial charge in [-0.15, -0.1) is 0 Å². The number of aromatic hydroxyl groups is 1. The van der Waals surface area contributed by atoms with Crippen LogP contribution in [0.25, 0.3) is 0 Å². The molecule has 5 N–H and O–H groups in total. The predicted octanol–water partition coefficient (Wildman–Crippen LogP) is 2.17. The molecular formula is C26H33N7O3. The number of hydrogen-bond donors (Lipinski definition) is 4. The lowest BCUT2D eigenvalue weighted by atomic mass is 10.0. The van der Waals surface area contributed by atoms with Gasteiger partial charge < -0.3 is 36.2 Å². The number of phenolic OH excluding ortho intramolecular Hbond substituents is 1. The minimum Gasteiger partial charge on any atom is -0.508 e. The lowest BCUT2D eigenvalue weighted by Crippen LogP contribution is -2.51. The van der Waals surface area contributed by atoms with Crippen molar-refractivity contribution in [2.24, 2.45) is 0 Å². The maximum absolute atomic E-state index is 13.6. The van der Waals surface area contributed by atoms with Gasteiger partial charge in [0.1, 0.15) is 5.75 Å². The van der Waals surface area contributed by atoms with Crippen molar-refractivity contribution in [2.75, 3.05) is 56.1 Å². The first-order chi connectivity index (χ1) is 17.4. The van der Waals surface area contributed by atoms with Crippen LogP contribution in [-0.4, -0.2) is 88.5 Å². The lowest BCUT2D eigenvalue weighted by molar-refractivity contribution is 0.0607. The summed E-state index contributed by atoms with van der Waals surface area (Å²) in [6.07, 6.45) is 10.1. The number of nitrogens with one attached hydrogen (secondary N) is 2. The fraction of sp³-hybridized carbons (Fsp3) is 0.423. The van der Waals surface area contributed by atoms with Crippen LogP contribution in [-0.2, 0) is 0 Å². The number of piperazine rings is 1. The second kappa shape index (κ2) is 9.96. The van der Waals surface area contributed by atoms with Crippen molar-refractivity contribution in [3.63, 3.8) is 0 Å². The van der Waals surface area contributed by atoms with E-state index in [4.69, 9.17) is 5.73 Å². The summed E-state index contributed by atoms with van der Waals surface area (Å²) >= 11 is 0. The Kier molecular flexibility index (Phi) is 6.58. The number of rotatable bonds is 5. The summed E-state index contributed by atoms with van der Waals surface area (Å²) in [5.74, 6) is -0.269. The van der Waals surface area contributed by atoms with Gasteiger partial charge in [0.05, 0.1) is 28.2 Å². The highest BCUT2D eigenvalue weighted by Crippen LogP contribution is 2.33. The van der Waals surface area contributed by atoms with Crippen LogP contribution in [0.1, 0.15) is 40.0 Å². The zero-order valence-electron chi connectivity index (χ0n) is 20.5. The van der Waals surface area contributed by atoms with Crippen molar-refractivity contribution in [1.29, 1.82) is 0 Å². The summed E-state index contributed by atoms with van der Waals surface area (Å²) in [6.45, 7) is 3.15. The smallest absolute Gasteiger partial charge is 0.256 e. The zero-order chi connectivity index (χ0) is 25.2. The van der Waals surface area contributed by atoms with E-state index in [0.717, 1.165) is 31.5 Å². The Bertz CT molecular complexity index is 1180. The minimum atomic E-state index is -0.148. The van der Waals surface area contributed by atoms with Crippen LogP contribution in [0.5, 0.6) is 5.75 Å². The molecule has 190 valence electrons. The van der Waals surface area contributed by atoms with Crippen molar-refractivity contribution in [2.45, 2.75) is 31.3 Å². The number of phenols is 1. The highest BCUT2D eigenvalue weighted by atomic mass is 16.3. The lowest BCUT2D eigenvalue weighted by Gasteiger charge is -2.39. The number of fused-ring (bicyclic) bond motifs is 1. The van der Waals surface area contributed by atoms with E-state index in [2.05, 4.69) is 32.8 Å². The van der Waals surface area contributed by atoms with Crippen LogP contribution in [0.15, 0.2) is 42.9 Å². The molecule has 36 heavy (non-hydrogen) atoms. The number of nitrogens with two attached hydrogens (primary N) is 1. The van der Waals surface area contributed by atoms with Crippen LogP contribution >= 0.6 is 0 Å². The molecule has 1 aromatic heterocycles. The van der Waals surface area contributed by atoms with Crippen LogP contribution in [0.2, 0.25) is 0 Å². The molecule has 2 amide bonds. The van der Waals surface area contributed by atoms with Crippen molar-refractivity contribution in [3.8, 4) is 5.75 Å². The van der Waals surface area contributed by atoms with Gasteiger partial charge in [-0.1, -0.05) is 6.08 Å². The van der Waals surface area contributed by atoms with E-state index >= 15 is 0 Å². The number of anilines is 3. The Morgan fingerprint density at radius 3 is 2.75 bits per heavy atom. The molecule has 3 aliphatic heterocycles. The van der Waals surface area contributed by atoms with Crippen molar-refractivity contribution in [1.82, 2.24) is 19.7 Å². The topological polar surface area (TPSA) is 127 Å². The number of hydrogen-bond acceptors (Lipinski definition) is 8. The Balaban J connectivity index is 1.33.